The Morgan fingerprint density at radius 3 is 2.84 bits per heavy atom. The zero-order valence-electron chi connectivity index (χ0n) is 18.5. The standard InChI is InChI=1S/C21H26N6O5/c1-26(2)7-9-32-17-11-18(23-13-14(17)12-22)25-21(28)27-8-10-31-16-6-5-15(24-19(16)27)20(29-3)30-4/h5-6,11,13,20H,7-10H2,1-4H3,(H,23,25,28)/i20+1. The molecule has 1 aliphatic rings. The van der Waals surface area contributed by atoms with Gasteiger partial charge in [0.1, 0.15) is 36.4 Å². The van der Waals surface area contributed by atoms with Crippen LogP contribution in [-0.4, -0.2) is 75.5 Å². The lowest BCUT2D eigenvalue weighted by Gasteiger charge is -2.29. The van der Waals surface area contributed by atoms with Crippen molar-refractivity contribution in [2.45, 2.75) is 6.29 Å². The van der Waals surface area contributed by atoms with E-state index in [0.717, 1.165) is 0 Å². The smallest absolute Gasteiger partial charge is 0.328 e. The minimum Gasteiger partial charge on any atom is -0.491 e. The number of hydrogen-bond acceptors (Lipinski definition) is 9. The molecule has 0 fully saturated rings. The first-order valence-electron chi connectivity index (χ1n) is 9.92. The number of rotatable bonds is 8. The number of nitrogens with one attached hydrogen (secondary N) is 1. The molecular formula is C21H26N6O5. The number of aromatic nitrogens is 2. The number of carbonyl (C=O) groups is 1. The molecule has 170 valence electrons. The van der Waals surface area contributed by atoms with Crippen LogP contribution in [0.3, 0.4) is 0 Å². The van der Waals surface area contributed by atoms with Crippen LogP contribution in [0.25, 0.3) is 0 Å². The SMILES string of the molecule is CO[13CH](OC)c1ccc2c(n1)N(C(=O)Nc1cc(OCCN(C)C)c(C#N)cn1)CCO2. The number of carbonyl (C=O) groups excluding carboxylic acids is 1. The van der Waals surface area contributed by atoms with Crippen LogP contribution in [0.15, 0.2) is 24.4 Å². The predicted octanol–water partition coefficient (Wildman–Crippen LogP) is 2.01. The van der Waals surface area contributed by atoms with Gasteiger partial charge in [0.05, 0.1) is 18.4 Å². The summed E-state index contributed by atoms with van der Waals surface area (Å²) in [6.07, 6.45) is 0.695. The fourth-order valence-corrected chi connectivity index (χ4v) is 3.00. The molecule has 11 nitrogen and oxygen atoms in total. The van der Waals surface area contributed by atoms with Gasteiger partial charge in [0.2, 0.25) is 6.29 Å². The zero-order chi connectivity index (χ0) is 23.1. The van der Waals surface area contributed by atoms with Gasteiger partial charge in [-0.25, -0.2) is 14.8 Å². The molecule has 0 bridgehead atoms. The van der Waals surface area contributed by atoms with E-state index in [1.165, 1.54) is 31.4 Å². The van der Waals surface area contributed by atoms with Crippen molar-refractivity contribution in [2.75, 3.05) is 64.8 Å². The van der Waals surface area contributed by atoms with Gasteiger partial charge < -0.3 is 23.8 Å². The third-order valence-electron chi connectivity index (χ3n) is 4.62. The minimum atomic E-state index is -0.672. The average Bonchev–Trinajstić information content (AvgIpc) is 2.79. The molecule has 0 spiro atoms. The molecule has 2 aromatic heterocycles. The highest BCUT2D eigenvalue weighted by Crippen LogP contribution is 2.32. The number of nitrogens with zero attached hydrogens (tertiary/aromatic N) is 5. The van der Waals surface area contributed by atoms with Crippen LogP contribution in [0.2, 0.25) is 0 Å². The molecule has 0 atom stereocenters. The van der Waals surface area contributed by atoms with E-state index in [1.54, 1.807) is 12.1 Å². The summed E-state index contributed by atoms with van der Waals surface area (Å²) in [5, 5.41) is 12.0. The van der Waals surface area contributed by atoms with Crippen molar-refractivity contribution < 1.29 is 23.7 Å². The Labute approximate surface area is 186 Å². The number of nitriles is 1. The number of ether oxygens (including phenoxy) is 4. The summed E-state index contributed by atoms with van der Waals surface area (Å²) >= 11 is 0. The second-order valence-electron chi connectivity index (χ2n) is 7.12. The van der Waals surface area contributed by atoms with Crippen molar-refractivity contribution >= 4 is 17.7 Å². The van der Waals surface area contributed by atoms with Crippen molar-refractivity contribution in [3.63, 3.8) is 0 Å². The quantitative estimate of drug-likeness (QED) is 0.482. The highest BCUT2D eigenvalue weighted by molar-refractivity contribution is 6.01. The first kappa shape index (κ1) is 23.2. The number of methoxy groups -OCH3 is 2. The Hall–Kier alpha value is -3.46. The third kappa shape index (κ3) is 5.42. The van der Waals surface area contributed by atoms with Crippen LogP contribution in [-0.2, 0) is 9.47 Å². The molecule has 32 heavy (non-hydrogen) atoms. The number of likely N-dealkylation sites (N-methyl/N-ethyl adjacent to an activating group) is 1. The van der Waals surface area contributed by atoms with Gasteiger partial charge in [-0.15, -0.1) is 0 Å². The second-order valence-corrected chi connectivity index (χ2v) is 7.12. The number of hydrogen-bond donors (Lipinski definition) is 1. The summed E-state index contributed by atoms with van der Waals surface area (Å²) in [4.78, 5) is 25.1. The molecule has 0 aromatic carbocycles. The topological polar surface area (TPSA) is 122 Å². The van der Waals surface area contributed by atoms with Gasteiger partial charge in [0.15, 0.2) is 11.6 Å². The Balaban J connectivity index is 1.79. The molecule has 2 aromatic rings. The Bertz CT molecular complexity index is 989. The fraction of sp³-hybridized carbons (Fsp3) is 0.429. The first-order chi connectivity index (χ1) is 15.5. The molecule has 11 heteroatoms. The van der Waals surface area contributed by atoms with Crippen LogP contribution in [0.5, 0.6) is 11.5 Å². The molecule has 0 aliphatic carbocycles. The third-order valence-corrected chi connectivity index (χ3v) is 4.62. The zero-order valence-corrected chi connectivity index (χ0v) is 18.5. The average molecular weight is 443 g/mol. The maximum Gasteiger partial charge on any atom is 0.328 e. The maximum absolute atomic E-state index is 13.0. The van der Waals surface area contributed by atoms with Crippen LogP contribution < -0.4 is 19.7 Å². The monoisotopic (exact) mass is 443 g/mol. The predicted molar refractivity (Wildman–Crippen MR) is 116 cm³/mol. The molecule has 0 saturated heterocycles. The van der Waals surface area contributed by atoms with Crippen LogP contribution in [0.1, 0.15) is 17.5 Å². The number of anilines is 2. The number of fused-ring (bicyclic) bond motifs is 1. The van der Waals surface area contributed by atoms with E-state index in [1.807, 2.05) is 25.1 Å². The Morgan fingerprint density at radius 1 is 1.38 bits per heavy atom. The van der Waals surface area contributed by atoms with E-state index < -0.39 is 12.3 Å². The second kappa shape index (κ2) is 10.7. The number of amides is 2. The number of urea groups is 1. The Kier molecular flexibility index (Phi) is 7.77. The summed E-state index contributed by atoms with van der Waals surface area (Å²) < 4.78 is 21.8. The van der Waals surface area contributed by atoms with Gasteiger partial charge >= 0.3 is 6.03 Å². The van der Waals surface area contributed by atoms with Gasteiger partial charge in [0, 0.05) is 26.8 Å². The largest absolute Gasteiger partial charge is 0.491 e. The molecule has 1 N–H and O–H groups in total. The molecule has 1 aliphatic heterocycles. The summed E-state index contributed by atoms with van der Waals surface area (Å²) in [5.74, 6) is 1.43. The summed E-state index contributed by atoms with van der Waals surface area (Å²) in [6.45, 7) is 1.68. The highest BCUT2D eigenvalue weighted by atomic mass is 16.8. The fourth-order valence-electron chi connectivity index (χ4n) is 3.00. The van der Waals surface area contributed by atoms with E-state index in [-0.39, 0.29) is 11.4 Å². The van der Waals surface area contributed by atoms with E-state index in [4.69, 9.17) is 18.9 Å². The van der Waals surface area contributed by atoms with Gasteiger partial charge in [-0.05, 0) is 26.2 Å². The van der Waals surface area contributed by atoms with E-state index in [9.17, 15) is 10.1 Å². The molecule has 0 radical (unpaired) electrons. The van der Waals surface area contributed by atoms with Gasteiger partial charge in [-0.2, -0.15) is 5.26 Å². The minimum absolute atomic E-state index is 0.254. The van der Waals surface area contributed by atoms with Gasteiger partial charge in [-0.3, -0.25) is 10.2 Å². The molecule has 0 unspecified atom stereocenters. The van der Waals surface area contributed by atoms with E-state index >= 15 is 0 Å². The Morgan fingerprint density at radius 2 is 2.16 bits per heavy atom. The first-order valence-corrected chi connectivity index (χ1v) is 9.92. The van der Waals surface area contributed by atoms with Crippen molar-refractivity contribution in [1.29, 1.82) is 5.26 Å². The van der Waals surface area contributed by atoms with Gasteiger partial charge in [0.25, 0.3) is 0 Å². The lowest BCUT2D eigenvalue weighted by atomic mass is 10.2. The molecule has 3 rings (SSSR count). The lowest BCUT2D eigenvalue weighted by Crippen LogP contribution is -2.41. The summed E-state index contributed by atoms with van der Waals surface area (Å²) in [7, 11) is 6.86. The summed E-state index contributed by atoms with van der Waals surface area (Å²) in [5.41, 5.74) is 0.792. The van der Waals surface area contributed by atoms with Crippen molar-refractivity contribution in [3.8, 4) is 17.6 Å². The highest BCUT2D eigenvalue weighted by Gasteiger charge is 2.27. The van der Waals surface area contributed by atoms with E-state index in [2.05, 4.69) is 15.3 Å². The van der Waals surface area contributed by atoms with E-state index in [0.29, 0.717) is 49.3 Å². The molecule has 0 saturated carbocycles. The molecule has 3 heterocycles. The molecular weight excluding hydrogens is 417 g/mol. The summed E-state index contributed by atoms with van der Waals surface area (Å²) in [6, 6.07) is 6.57. The lowest BCUT2D eigenvalue weighted by molar-refractivity contribution is -0.108. The van der Waals surface area contributed by atoms with Crippen molar-refractivity contribution in [3.05, 3.63) is 35.7 Å². The maximum atomic E-state index is 13.0. The normalized spacial score (nSPS) is 12.8. The molecule has 2 amide bonds. The number of pyridine rings is 2. The van der Waals surface area contributed by atoms with Crippen molar-refractivity contribution in [1.82, 2.24) is 14.9 Å². The van der Waals surface area contributed by atoms with Crippen LogP contribution >= 0.6 is 0 Å². The van der Waals surface area contributed by atoms with Gasteiger partial charge in [-0.1, -0.05) is 0 Å². The van der Waals surface area contributed by atoms with Crippen LogP contribution in [0.4, 0.5) is 16.4 Å². The van der Waals surface area contributed by atoms with Crippen LogP contribution in [0, 0.1) is 11.3 Å². The van der Waals surface area contributed by atoms with Crippen molar-refractivity contribution in [2.24, 2.45) is 0 Å².